The fraction of sp³-hybridized carbons (Fsp3) is 0.409. The quantitative estimate of drug-likeness (QED) is 0.732. The van der Waals surface area contributed by atoms with Gasteiger partial charge in [-0.25, -0.2) is 0 Å². The van der Waals surface area contributed by atoms with Crippen molar-refractivity contribution < 1.29 is 14.3 Å². The fourth-order valence-corrected chi connectivity index (χ4v) is 3.37. The van der Waals surface area contributed by atoms with Gasteiger partial charge < -0.3 is 14.8 Å². The highest BCUT2D eigenvalue weighted by Crippen LogP contribution is 2.19. The van der Waals surface area contributed by atoms with E-state index >= 15 is 0 Å². The molecule has 1 aliphatic heterocycles. The molecule has 3 rings (SSSR count). The van der Waals surface area contributed by atoms with Crippen molar-refractivity contribution in [1.29, 1.82) is 0 Å². The molecule has 0 bridgehead atoms. The molecule has 1 atom stereocenters. The molecule has 150 valence electrons. The fourth-order valence-electron chi connectivity index (χ4n) is 3.19. The van der Waals surface area contributed by atoms with Gasteiger partial charge in [0, 0.05) is 31.2 Å². The van der Waals surface area contributed by atoms with Gasteiger partial charge in [0.1, 0.15) is 5.75 Å². The normalized spacial score (nSPS) is 15.8. The van der Waals surface area contributed by atoms with E-state index in [1.165, 1.54) is 5.56 Å². The van der Waals surface area contributed by atoms with E-state index in [0.717, 1.165) is 38.4 Å². The molecule has 0 aliphatic carbocycles. The van der Waals surface area contributed by atoms with E-state index in [1.807, 2.05) is 25.1 Å². The molecular formula is C22H27ClN2O3. The van der Waals surface area contributed by atoms with E-state index in [-0.39, 0.29) is 5.91 Å². The molecule has 1 N–H and O–H groups in total. The van der Waals surface area contributed by atoms with Crippen LogP contribution in [0, 0.1) is 0 Å². The number of halogens is 1. The van der Waals surface area contributed by atoms with Gasteiger partial charge >= 0.3 is 0 Å². The Morgan fingerprint density at radius 1 is 1.18 bits per heavy atom. The van der Waals surface area contributed by atoms with Gasteiger partial charge in [-0.05, 0) is 35.7 Å². The van der Waals surface area contributed by atoms with Gasteiger partial charge in [-0.2, -0.15) is 0 Å². The van der Waals surface area contributed by atoms with E-state index < -0.39 is 6.10 Å². The Hall–Kier alpha value is -2.08. The maximum absolute atomic E-state index is 12.5. The Labute approximate surface area is 171 Å². The van der Waals surface area contributed by atoms with Crippen LogP contribution in [0.1, 0.15) is 24.5 Å². The van der Waals surface area contributed by atoms with Crippen molar-refractivity contribution in [3.05, 3.63) is 64.7 Å². The summed E-state index contributed by atoms with van der Waals surface area (Å²) in [6, 6.07) is 15.4. The molecule has 1 aliphatic rings. The molecule has 6 heteroatoms. The summed E-state index contributed by atoms with van der Waals surface area (Å²) in [6.07, 6.45) is 0.0325. The summed E-state index contributed by atoms with van der Waals surface area (Å²) < 4.78 is 11.2. The lowest BCUT2D eigenvalue weighted by molar-refractivity contribution is -0.128. The smallest absolute Gasteiger partial charge is 0.261 e. The predicted molar refractivity (Wildman–Crippen MR) is 111 cm³/mol. The molecule has 5 nitrogen and oxygen atoms in total. The number of nitrogens with zero attached hydrogens (tertiary/aromatic N) is 1. The molecule has 1 heterocycles. The summed E-state index contributed by atoms with van der Waals surface area (Å²) in [7, 11) is 0. The molecule has 1 amide bonds. The highest BCUT2D eigenvalue weighted by atomic mass is 35.5. The number of carbonyl (C=O) groups is 1. The number of hydrogen-bond acceptors (Lipinski definition) is 4. The van der Waals surface area contributed by atoms with Crippen LogP contribution in [0.25, 0.3) is 0 Å². The number of morpholine rings is 1. The lowest BCUT2D eigenvalue weighted by atomic mass is 10.1. The first-order valence-corrected chi connectivity index (χ1v) is 10.1. The molecule has 0 unspecified atom stereocenters. The zero-order valence-electron chi connectivity index (χ0n) is 16.2. The van der Waals surface area contributed by atoms with Crippen LogP contribution >= 0.6 is 11.6 Å². The van der Waals surface area contributed by atoms with Crippen molar-refractivity contribution in [3.8, 4) is 5.75 Å². The Bertz CT molecular complexity index is 778. The standard InChI is InChI=1S/C22H27ClN2O3/c1-2-21(28-20-8-4-7-19(23)14-20)22(26)24-15-17-5-3-6-18(13-17)16-25-9-11-27-12-10-25/h3-8,13-14,21H,2,9-12,15-16H2,1H3,(H,24,26)/t21-/m0/s1. The highest BCUT2D eigenvalue weighted by molar-refractivity contribution is 6.30. The van der Waals surface area contributed by atoms with Crippen LogP contribution < -0.4 is 10.1 Å². The molecule has 1 saturated heterocycles. The van der Waals surface area contributed by atoms with Gasteiger partial charge in [0.05, 0.1) is 13.2 Å². The zero-order valence-corrected chi connectivity index (χ0v) is 17.0. The molecular weight excluding hydrogens is 376 g/mol. The van der Waals surface area contributed by atoms with Gasteiger partial charge in [0.15, 0.2) is 6.10 Å². The monoisotopic (exact) mass is 402 g/mol. The van der Waals surface area contributed by atoms with Crippen LogP contribution in [0.15, 0.2) is 48.5 Å². The largest absolute Gasteiger partial charge is 0.481 e. The Kier molecular flexibility index (Phi) is 7.71. The first-order chi connectivity index (χ1) is 13.6. The maximum atomic E-state index is 12.5. The summed E-state index contributed by atoms with van der Waals surface area (Å²) in [4.78, 5) is 14.9. The maximum Gasteiger partial charge on any atom is 0.261 e. The summed E-state index contributed by atoms with van der Waals surface area (Å²) >= 11 is 5.99. The van der Waals surface area contributed by atoms with Crippen LogP contribution in [0.3, 0.4) is 0 Å². The first-order valence-electron chi connectivity index (χ1n) is 9.72. The van der Waals surface area contributed by atoms with Gasteiger partial charge in [-0.3, -0.25) is 9.69 Å². The van der Waals surface area contributed by atoms with E-state index in [9.17, 15) is 4.79 Å². The Balaban J connectivity index is 1.53. The van der Waals surface area contributed by atoms with Gasteiger partial charge in [-0.15, -0.1) is 0 Å². The minimum absolute atomic E-state index is 0.124. The number of ether oxygens (including phenoxy) is 2. The topological polar surface area (TPSA) is 50.8 Å². The Morgan fingerprint density at radius 2 is 1.93 bits per heavy atom. The summed E-state index contributed by atoms with van der Waals surface area (Å²) in [5.74, 6) is 0.475. The minimum atomic E-state index is -0.546. The first kappa shape index (κ1) is 20.6. The third kappa shape index (κ3) is 6.23. The number of benzene rings is 2. The number of amides is 1. The van der Waals surface area contributed by atoms with Crippen molar-refractivity contribution >= 4 is 17.5 Å². The second-order valence-corrected chi connectivity index (χ2v) is 7.33. The molecule has 28 heavy (non-hydrogen) atoms. The SMILES string of the molecule is CC[C@H](Oc1cccc(Cl)c1)C(=O)NCc1cccc(CN2CCOCC2)c1. The van der Waals surface area contributed by atoms with E-state index in [1.54, 1.807) is 18.2 Å². The average Bonchev–Trinajstić information content (AvgIpc) is 2.71. The van der Waals surface area contributed by atoms with Crippen LogP contribution in [0.2, 0.25) is 5.02 Å². The van der Waals surface area contributed by atoms with Crippen molar-refractivity contribution in [3.63, 3.8) is 0 Å². The molecule has 0 aromatic heterocycles. The van der Waals surface area contributed by atoms with Crippen molar-refractivity contribution in [2.45, 2.75) is 32.5 Å². The predicted octanol–water partition coefficient (Wildman–Crippen LogP) is 3.65. The van der Waals surface area contributed by atoms with E-state index in [2.05, 4.69) is 22.3 Å². The van der Waals surface area contributed by atoms with Gasteiger partial charge in [-0.1, -0.05) is 48.9 Å². The van der Waals surface area contributed by atoms with Gasteiger partial charge in [0.25, 0.3) is 5.91 Å². The molecule has 1 fully saturated rings. The third-order valence-electron chi connectivity index (χ3n) is 4.71. The van der Waals surface area contributed by atoms with Crippen LogP contribution in [-0.2, 0) is 22.6 Å². The summed E-state index contributed by atoms with van der Waals surface area (Å²) in [5, 5.41) is 3.57. The lowest BCUT2D eigenvalue weighted by Crippen LogP contribution is -2.37. The second-order valence-electron chi connectivity index (χ2n) is 6.90. The number of hydrogen-bond donors (Lipinski definition) is 1. The zero-order chi connectivity index (χ0) is 19.8. The second kappa shape index (κ2) is 10.5. The van der Waals surface area contributed by atoms with Crippen molar-refractivity contribution in [2.75, 3.05) is 26.3 Å². The van der Waals surface area contributed by atoms with Crippen LogP contribution in [0.5, 0.6) is 5.75 Å². The van der Waals surface area contributed by atoms with E-state index in [4.69, 9.17) is 21.1 Å². The lowest BCUT2D eigenvalue weighted by Gasteiger charge is -2.26. The summed E-state index contributed by atoms with van der Waals surface area (Å²) in [6.45, 7) is 6.81. The number of rotatable bonds is 8. The molecule has 0 radical (unpaired) electrons. The molecule has 0 spiro atoms. The highest BCUT2D eigenvalue weighted by Gasteiger charge is 2.18. The van der Waals surface area contributed by atoms with Crippen LogP contribution in [-0.4, -0.2) is 43.2 Å². The third-order valence-corrected chi connectivity index (χ3v) is 4.94. The van der Waals surface area contributed by atoms with Crippen LogP contribution in [0.4, 0.5) is 0 Å². The number of nitrogens with one attached hydrogen (secondary N) is 1. The van der Waals surface area contributed by atoms with Crippen molar-refractivity contribution in [2.24, 2.45) is 0 Å². The minimum Gasteiger partial charge on any atom is -0.481 e. The van der Waals surface area contributed by atoms with E-state index in [0.29, 0.717) is 23.7 Å². The molecule has 2 aromatic carbocycles. The molecule has 0 saturated carbocycles. The average molecular weight is 403 g/mol. The number of carbonyl (C=O) groups excluding carboxylic acids is 1. The Morgan fingerprint density at radius 3 is 2.68 bits per heavy atom. The summed E-state index contributed by atoms with van der Waals surface area (Å²) in [5.41, 5.74) is 2.33. The van der Waals surface area contributed by atoms with Gasteiger partial charge in [0.2, 0.25) is 0 Å². The van der Waals surface area contributed by atoms with Crippen molar-refractivity contribution in [1.82, 2.24) is 10.2 Å². The molecule has 2 aromatic rings.